The molecule has 1 heterocycles. The van der Waals surface area contributed by atoms with Crippen LogP contribution in [0, 0.1) is 0 Å². The van der Waals surface area contributed by atoms with Gasteiger partial charge in [0.25, 0.3) is 0 Å². The molecule has 1 aliphatic rings. The molecule has 0 bridgehead atoms. The molecular formula is C19H26NO2+. The number of rotatable bonds is 8. The van der Waals surface area contributed by atoms with E-state index in [0.717, 1.165) is 31.9 Å². The first-order valence-corrected chi connectivity index (χ1v) is 8.47. The summed E-state index contributed by atoms with van der Waals surface area (Å²) in [5, 5.41) is 4.88. The molecule has 0 unspecified atom stereocenters. The first-order valence-electron chi connectivity index (χ1n) is 8.47. The molecule has 3 rings (SSSR count). The molecule has 0 aromatic heterocycles. The van der Waals surface area contributed by atoms with Crippen LogP contribution < -0.4 is 10.1 Å². The highest BCUT2D eigenvalue weighted by molar-refractivity contribution is 5.83. The zero-order valence-corrected chi connectivity index (χ0v) is 13.2. The number of hydrogen-bond donors (Lipinski definition) is 1. The normalized spacial score (nSPS) is 17.9. The van der Waals surface area contributed by atoms with Gasteiger partial charge in [-0.1, -0.05) is 30.3 Å². The fourth-order valence-corrected chi connectivity index (χ4v) is 2.97. The predicted octanol–water partition coefficient (Wildman–Crippen LogP) is 2.74. The van der Waals surface area contributed by atoms with Crippen LogP contribution in [-0.2, 0) is 4.74 Å². The summed E-state index contributed by atoms with van der Waals surface area (Å²) in [4.78, 5) is 0. The Bertz CT molecular complexity index is 578. The van der Waals surface area contributed by atoms with Crippen LogP contribution in [0.4, 0.5) is 0 Å². The second kappa shape index (κ2) is 8.16. The van der Waals surface area contributed by atoms with Gasteiger partial charge < -0.3 is 14.8 Å². The fourth-order valence-electron chi connectivity index (χ4n) is 2.97. The Labute approximate surface area is 132 Å². The minimum atomic E-state index is 0.494. The first kappa shape index (κ1) is 15.3. The number of benzene rings is 2. The molecule has 2 aromatic rings. The van der Waals surface area contributed by atoms with Crippen molar-refractivity contribution in [2.75, 3.05) is 26.3 Å². The SMILES string of the molecule is c1ccc2cc(OCCCC[NH2+]C[C@@H]3CCCO3)ccc2c1. The number of ether oxygens (including phenoxy) is 2. The standard InChI is InChI=1S/C19H25NO2/c1-2-7-17-14-18(10-9-16(17)6-1)21-12-4-3-11-20-15-19-8-5-13-22-19/h1-2,6-7,9-10,14,19-20H,3-5,8,11-13,15H2/p+1/t19-/m0/s1. The minimum absolute atomic E-state index is 0.494. The predicted molar refractivity (Wildman–Crippen MR) is 89.3 cm³/mol. The Morgan fingerprint density at radius 1 is 1.09 bits per heavy atom. The molecule has 0 aliphatic carbocycles. The molecule has 0 spiro atoms. The molecule has 0 amide bonds. The van der Waals surface area contributed by atoms with Crippen molar-refractivity contribution in [1.82, 2.24) is 0 Å². The highest BCUT2D eigenvalue weighted by Crippen LogP contribution is 2.20. The van der Waals surface area contributed by atoms with E-state index >= 15 is 0 Å². The van der Waals surface area contributed by atoms with Crippen molar-refractivity contribution in [1.29, 1.82) is 0 Å². The molecule has 1 fully saturated rings. The topological polar surface area (TPSA) is 35.1 Å². The van der Waals surface area contributed by atoms with Gasteiger partial charge in [0, 0.05) is 6.61 Å². The molecule has 0 radical (unpaired) electrons. The van der Waals surface area contributed by atoms with E-state index in [-0.39, 0.29) is 0 Å². The number of nitrogens with two attached hydrogens (primary N) is 1. The van der Waals surface area contributed by atoms with Crippen LogP contribution in [-0.4, -0.2) is 32.4 Å². The summed E-state index contributed by atoms with van der Waals surface area (Å²) in [6, 6.07) is 14.7. The first-order chi connectivity index (χ1) is 10.9. The Kier molecular flexibility index (Phi) is 5.68. The van der Waals surface area contributed by atoms with E-state index in [2.05, 4.69) is 47.8 Å². The van der Waals surface area contributed by atoms with Gasteiger partial charge in [0.15, 0.2) is 0 Å². The summed E-state index contributed by atoms with van der Waals surface area (Å²) >= 11 is 0. The van der Waals surface area contributed by atoms with Crippen molar-refractivity contribution in [3.63, 3.8) is 0 Å². The Morgan fingerprint density at radius 3 is 2.86 bits per heavy atom. The van der Waals surface area contributed by atoms with Crippen molar-refractivity contribution >= 4 is 10.8 Å². The summed E-state index contributed by atoms with van der Waals surface area (Å²) in [5.74, 6) is 0.974. The van der Waals surface area contributed by atoms with E-state index in [0.29, 0.717) is 6.10 Å². The maximum absolute atomic E-state index is 5.86. The molecule has 3 nitrogen and oxygen atoms in total. The second-order valence-corrected chi connectivity index (χ2v) is 6.01. The van der Waals surface area contributed by atoms with E-state index in [4.69, 9.17) is 9.47 Å². The van der Waals surface area contributed by atoms with E-state index in [9.17, 15) is 0 Å². The van der Waals surface area contributed by atoms with Gasteiger partial charge in [-0.25, -0.2) is 0 Å². The number of fused-ring (bicyclic) bond motifs is 1. The lowest BCUT2D eigenvalue weighted by atomic mass is 10.1. The largest absolute Gasteiger partial charge is 0.494 e. The molecule has 118 valence electrons. The van der Waals surface area contributed by atoms with Crippen LogP contribution >= 0.6 is 0 Å². The monoisotopic (exact) mass is 300 g/mol. The number of unbranched alkanes of at least 4 members (excludes halogenated alkanes) is 1. The zero-order chi connectivity index (χ0) is 15.0. The van der Waals surface area contributed by atoms with Crippen molar-refractivity contribution in [3.05, 3.63) is 42.5 Å². The highest BCUT2D eigenvalue weighted by atomic mass is 16.5. The van der Waals surface area contributed by atoms with Crippen molar-refractivity contribution in [2.24, 2.45) is 0 Å². The van der Waals surface area contributed by atoms with Crippen LogP contribution in [0.25, 0.3) is 10.8 Å². The Balaban J connectivity index is 1.30. The van der Waals surface area contributed by atoms with Crippen LogP contribution in [0.15, 0.2) is 42.5 Å². The van der Waals surface area contributed by atoms with Gasteiger partial charge in [-0.05, 0) is 48.6 Å². The van der Waals surface area contributed by atoms with Crippen LogP contribution in [0.1, 0.15) is 25.7 Å². The maximum atomic E-state index is 5.86. The van der Waals surface area contributed by atoms with Crippen molar-refractivity contribution in [2.45, 2.75) is 31.8 Å². The van der Waals surface area contributed by atoms with Gasteiger partial charge >= 0.3 is 0 Å². The van der Waals surface area contributed by atoms with Gasteiger partial charge in [-0.15, -0.1) is 0 Å². The maximum Gasteiger partial charge on any atom is 0.119 e. The third-order valence-corrected chi connectivity index (χ3v) is 4.25. The molecule has 1 aliphatic heterocycles. The Hall–Kier alpha value is -1.58. The lowest BCUT2D eigenvalue weighted by Crippen LogP contribution is -2.86. The summed E-state index contributed by atoms with van der Waals surface area (Å²) in [6.45, 7) is 4.04. The smallest absolute Gasteiger partial charge is 0.119 e. The molecule has 1 atom stereocenters. The summed E-state index contributed by atoms with van der Waals surface area (Å²) in [6.07, 6.45) is 5.27. The average molecular weight is 300 g/mol. The van der Waals surface area contributed by atoms with E-state index < -0.39 is 0 Å². The fraction of sp³-hybridized carbons (Fsp3) is 0.474. The molecule has 2 aromatic carbocycles. The highest BCUT2D eigenvalue weighted by Gasteiger charge is 2.16. The van der Waals surface area contributed by atoms with Gasteiger partial charge in [-0.2, -0.15) is 0 Å². The molecule has 1 saturated heterocycles. The number of quaternary nitrogens is 1. The molecule has 2 N–H and O–H groups in total. The van der Waals surface area contributed by atoms with E-state index in [1.54, 1.807) is 0 Å². The van der Waals surface area contributed by atoms with Gasteiger partial charge in [0.05, 0.1) is 13.2 Å². The number of hydrogen-bond acceptors (Lipinski definition) is 2. The summed E-state index contributed by atoms with van der Waals surface area (Å²) in [5.41, 5.74) is 0. The average Bonchev–Trinajstić information content (AvgIpc) is 3.07. The quantitative estimate of drug-likeness (QED) is 0.761. The molecule has 22 heavy (non-hydrogen) atoms. The van der Waals surface area contributed by atoms with E-state index in [1.165, 1.54) is 36.6 Å². The summed E-state index contributed by atoms with van der Waals surface area (Å²) < 4.78 is 11.5. The van der Waals surface area contributed by atoms with Crippen LogP contribution in [0.3, 0.4) is 0 Å². The zero-order valence-electron chi connectivity index (χ0n) is 13.2. The van der Waals surface area contributed by atoms with Crippen LogP contribution in [0.2, 0.25) is 0 Å². The lowest BCUT2D eigenvalue weighted by molar-refractivity contribution is -0.661. The van der Waals surface area contributed by atoms with Crippen LogP contribution in [0.5, 0.6) is 5.75 Å². The van der Waals surface area contributed by atoms with Gasteiger partial charge in [-0.3, -0.25) is 0 Å². The summed E-state index contributed by atoms with van der Waals surface area (Å²) in [7, 11) is 0. The van der Waals surface area contributed by atoms with Gasteiger partial charge in [0.2, 0.25) is 0 Å². The van der Waals surface area contributed by atoms with Crippen molar-refractivity contribution in [3.8, 4) is 5.75 Å². The second-order valence-electron chi connectivity index (χ2n) is 6.01. The molecule has 3 heteroatoms. The van der Waals surface area contributed by atoms with Gasteiger partial charge in [0.1, 0.15) is 18.4 Å². The van der Waals surface area contributed by atoms with Crippen molar-refractivity contribution < 1.29 is 14.8 Å². The van der Waals surface area contributed by atoms with E-state index in [1.807, 2.05) is 0 Å². The lowest BCUT2D eigenvalue weighted by Gasteiger charge is -2.09. The minimum Gasteiger partial charge on any atom is -0.494 e. The molecular weight excluding hydrogens is 274 g/mol. The molecule has 0 saturated carbocycles. The third-order valence-electron chi connectivity index (χ3n) is 4.25. The third kappa shape index (κ3) is 4.46. The Morgan fingerprint density at radius 2 is 2.00 bits per heavy atom.